The van der Waals surface area contributed by atoms with Crippen LogP contribution < -0.4 is 0 Å². The first-order valence-electron chi connectivity index (χ1n) is 11.6. The zero-order chi connectivity index (χ0) is 23.6. The fourth-order valence-corrected chi connectivity index (χ4v) is 4.07. The van der Waals surface area contributed by atoms with E-state index in [9.17, 15) is 0 Å². The molecule has 0 saturated carbocycles. The maximum Gasteiger partial charge on any atom is 0.186 e. The minimum absolute atomic E-state index is 0.407. The van der Waals surface area contributed by atoms with Crippen molar-refractivity contribution in [3.63, 3.8) is 0 Å². The average molecular weight is 461 g/mol. The molecule has 0 amide bonds. The summed E-state index contributed by atoms with van der Waals surface area (Å²) in [5.74, 6) is 0. The van der Waals surface area contributed by atoms with Crippen molar-refractivity contribution in [1.29, 1.82) is 0 Å². The van der Waals surface area contributed by atoms with Crippen molar-refractivity contribution in [1.82, 2.24) is 0 Å². The Hall–Kier alpha value is -2.80. The third kappa shape index (κ3) is 6.41. The molecule has 5 atom stereocenters. The third-order valence-corrected chi connectivity index (χ3v) is 5.85. The van der Waals surface area contributed by atoms with Gasteiger partial charge in [-0.2, -0.15) is 0 Å². The van der Waals surface area contributed by atoms with Crippen molar-refractivity contribution in [2.45, 2.75) is 50.5 Å². The molecule has 0 unspecified atom stereocenters. The van der Waals surface area contributed by atoms with Gasteiger partial charge in [-0.1, -0.05) is 97.1 Å². The van der Waals surface area contributed by atoms with Crippen LogP contribution in [0.15, 0.2) is 104 Å². The zero-order valence-electron chi connectivity index (χ0n) is 19.5. The molecule has 34 heavy (non-hydrogen) atoms. The van der Waals surface area contributed by atoms with E-state index in [1.165, 1.54) is 0 Å². The first-order valence-corrected chi connectivity index (χ1v) is 11.6. The summed E-state index contributed by atoms with van der Waals surface area (Å²) in [6, 6.07) is 30.2. The van der Waals surface area contributed by atoms with Crippen molar-refractivity contribution in [3.05, 3.63) is 120 Å². The minimum Gasteiger partial charge on any atom is -0.368 e. The van der Waals surface area contributed by atoms with Gasteiger partial charge in [0.2, 0.25) is 0 Å². The Morgan fingerprint density at radius 3 is 1.47 bits per heavy atom. The number of ether oxygens (including phenoxy) is 5. The number of methoxy groups -OCH3 is 1. The van der Waals surface area contributed by atoms with Gasteiger partial charge < -0.3 is 23.7 Å². The van der Waals surface area contributed by atoms with Crippen LogP contribution in [0.4, 0.5) is 0 Å². The molecule has 5 nitrogen and oxygen atoms in total. The van der Waals surface area contributed by atoms with Crippen LogP contribution in [0.5, 0.6) is 0 Å². The number of hydrogen-bond donors (Lipinski definition) is 0. The lowest BCUT2D eigenvalue weighted by Crippen LogP contribution is -2.60. The van der Waals surface area contributed by atoms with Crippen LogP contribution in [0.25, 0.3) is 0 Å². The monoisotopic (exact) mass is 460 g/mol. The minimum atomic E-state index is -0.621. The first kappa shape index (κ1) is 24.3. The Morgan fingerprint density at radius 2 is 1.06 bits per heavy atom. The fraction of sp³-hybridized carbons (Fsp3) is 0.310. The molecular formula is C29H32O5. The van der Waals surface area contributed by atoms with E-state index in [-0.39, 0.29) is 0 Å². The summed E-state index contributed by atoms with van der Waals surface area (Å²) in [6.07, 6.45) is -0.641. The Labute approximate surface area is 201 Å². The van der Waals surface area contributed by atoms with Crippen LogP contribution in [0.1, 0.15) is 16.7 Å². The van der Waals surface area contributed by atoms with Crippen LogP contribution in [0, 0.1) is 0 Å². The summed E-state index contributed by atoms with van der Waals surface area (Å²) >= 11 is 0. The van der Waals surface area contributed by atoms with Gasteiger partial charge in [-0.25, -0.2) is 0 Å². The van der Waals surface area contributed by atoms with E-state index in [4.69, 9.17) is 23.7 Å². The second-order valence-electron chi connectivity index (χ2n) is 8.22. The molecular weight excluding hydrogens is 428 g/mol. The molecule has 0 aliphatic carbocycles. The summed E-state index contributed by atoms with van der Waals surface area (Å²) < 4.78 is 31.1. The van der Waals surface area contributed by atoms with E-state index < -0.39 is 30.7 Å². The van der Waals surface area contributed by atoms with Gasteiger partial charge in [-0.15, -0.1) is 6.58 Å². The summed E-state index contributed by atoms with van der Waals surface area (Å²) in [5, 5.41) is 0. The normalized spacial score (nSPS) is 24.6. The maximum atomic E-state index is 6.48. The van der Waals surface area contributed by atoms with Crippen LogP contribution in [-0.4, -0.2) is 37.8 Å². The van der Waals surface area contributed by atoms with Crippen LogP contribution in [-0.2, 0) is 43.5 Å². The predicted octanol–water partition coefficient (Wildman–Crippen LogP) is 5.30. The quantitative estimate of drug-likeness (QED) is 0.364. The van der Waals surface area contributed by atoms with Crippen molar-refractivity contribution in [2.75, 3.05) is 7.11 Å². The van der Waals surface area contributed by atoms with Crippen LogP contribution >= 0.6 is 0 Å². The molecule has 0 aromatic heterocycles. The lowest BCUT2D eigenvalue weighted by Gasteiger charge is -2.44. The Balaban J connectivity index is 1.57. The molecule has 3 aromatic carbocycles. The van der Waals surface area contributed by atoms with Gasteiger partial charge in [0, 0.05) is 7.11 Å². The maximum absolute atomic E-state index is 6.48. The SMILES string of the molecule is C=C[C@H]1O[C@@H](OC)[C@H](OCc2ccccc2)[C@H](OCc2ccccc2)[C@@H]1OCc1ccccc1. The van der Waals surface area contributed by atoms with Gasteiger partial charge in [0.25, 0.3) is 0 Å². The Morgan fingerprint density at radius 1 is 0.647 bits per heavy atom. The van der Waals surface area contributed by atoms with E-state index in [0.29, 0.717) is 19.8 Å². The van der Waals surface area contributed by atoms with E-state index in [2.05, 4.69) is 6.58 Å². The number of hydrogen-bond acceptors (Lipinski definition) is 5. The largest absolute Gasteiger partial charge is 0.368 e. The van der Waals surface area contributed by atoms with E-state index >= 15 is 0 Å². The second kappa shape index (κ2) is 12.6. The molecule has 1 saturated heterocycles. The van der Waals surface area contributed by atoms with Crippen molar-refractivity contribution in [3.8, 4) is 0 Å². The number of rotatable bonds is 11. The molecule has 5 heteroatoms. The highest BCUT2D eigenvalue weighted by Gasteiger charge is 2.47. The number of benzene rings is 3. The second-order valence-corrected chi connectivity index (χ2v) is 8.22. The van der Waals surface area contributed by atoms with Crippen molar-refractivity contribution < 1.29 is 23.7 Å². The fourth-order valence-electron chi connectivity index (χ4n) is 4.07. The van der Waals surface area contributed by atoms with E-state index in [1.54, 1.807) is 13.2 Å². The molecule has 1 aliphatic heterocycles. The van der Waals surface area contributed by atoms with Gasteiger partial charge in [-0.3, -0.25) is 0 Å². The van der Waals surface area contributed by atoms with Crippen molar-refractivity contribution in [2.24, 2.45) is 0 Å². The highest BCUT2D eigenvalue weighted by molar-refractivity contribution is 5.16. The zero-order valence-corrected chi connectivity index (χ0v) is 19.5. The van der Waals surface area contributed by atoms with Crippen LogP contribution in [0.2, 0.25) is 0 Å². The predicted molar refractivity (Wildman–Crippen MR) is 131 cm³/mol. The Kier molecular flexibility index (Phi) is 9.02. The molecule has 1 aliphatic rings. The molecule has 3 aromatic rings. The first-order chi connectivity index (χ1) is 16.8. The van der Waals surface area contributed by atoms with Gasteiger partial charge in [0.05, 0.1) is 19.8 Å². The average Bonchev–Trinajstić information content (AvgIpc) is 2.91. The highest BCUT2D eigenvalue weighted by atomic mass is 16.7. The standard InChI is InChI=1S/C29H32O5/c1-3-25-26(31-19-22-13-7-4-8-14-22)27(32-20-23-15-9-5-10-16-23)28(29(30-2)34-25)33-21-24-17-11-6-12-18-24/h3-18,25-29H,1,19-21H2,2H3/t25-,26-,27-,28-,29-/m1/s1. The third-order valence-electron chi connectivity index (χ3n) is 5.85. The van der Waals surface area contributed by atoms with Gasteiger partial charge in [0.15, 0.2) is 6.29 Å². The molecule has 0 N–H and O–H groups in total. The summed E-state index contributed by atoms with van der Waals surface area (Å²) in [5.41, 5.74) is 3.20. The molecule has 4 rings (SSSR count). The van der Waals surface area contributed by atoms with Crippen LogP contribution in [0.3, 0.4) is 0 Å². The topological polar surface area (TPSA) is 46.2 Å². The van der Waals surface area contributed by atoms with E-state index in [0.717, 1.165) is 16.7 Å². The summed E-state index contributed by atoms with van der Waals surface area (Å²) in [4.78, 5) is 0. The highest BCUT2D eigenvalue weighted by Crippen LogP contribution is 2.31. The summed E-state index contributed by atoms with van der Waals surface area (Å²) in [6.45, 7) is 5.22. The van der Waals surface area contributed by atoms with E-state index in [1.807, 2.05) is 91.0 Å². The molecule has 1 heterocycles. The van der Waals surface area contributed by atoms with Gasteiger partial charge in [0.1, 0.15) is 24.4 Å². The molecule has 178 valence electrons. The summed E-state index contributed by atoms with van der Waals surface area (Å²) in [7, 11) is 1.61. The lowest BCUT2D eigenvalue weighted by molar-refractivity contribution is -0.309. The van der Waals surface area contributed by atoms with Gasteiger partial charge >= 0.3 is 0 Å². The Bertz CT molecular complexity index is 979. The van der Waals surface area contributed by atoms with Gasteiger partial charge in [-0.05, 0) is 16.7 Å². The smallest absolute Gasteiger partial charge is 0.186 e. The molecule has 0 spiro atoms. The lowest BCUT2D eigenvalue weighted by atomic mass is 9.97. The van der Waals surface area contributed by atoms with Crippen molar-refractivity contribution >= 4 is 0 Å². The molecule has 0 radical (unpaired) electrons. The molecule has 1 fully saturated rings. The molecule has 0 bridgehead atoms.